The van der Waals surface area contributed by atoms with Crippen molar-refractivity contribution in [1.29, 1.82) is 0 Å². The van der Waals surface area contributed by atoms with Gasteiger partial charge in [0.15, 0.2) is 0 Å². The van der Waals surface area contributed by atoms with Gasteiger partial charge < -0.3 is 0 Å². The van der Waals surface area contributed by atoms with Crippen molar-refractivity contribution < 1.29 is 19.2 Å². The molecule has 0 aromatic heterocycles. The predicted molar refractivity (Wildman–Crippen MR) is 57.7 cm³/mol. The summed E-state index contributed by atoms with van der Waals surface area (Å²) in [6.45, 7) is 0. The number of aliphatic imine (C=N–C) groups is 4. The normalized spacial score (nSPS) is 11.8. The van der Waals surface area contributed by atoms with Crippen molar-refractivity contribution in [3.05, 3.63) is 0 Å². The van der Waals surface area contributed by atoms with E-state index in [9.17, 15) is 19.2 Å². The third-order valence-corrected chi connectivity index (χ3v) is 8.87. The molecule has 0 saturated heterocycles. The third-order valence-electron chi connectivity index (χ3n) is 1.92. The van der Waals surface area contributed by atoms with E-state index in [1.807, 2.05) is 0 Å². The Bertz CT molecular complexity index is 355. The quantitative estimate of drug-likeness (QED) is 0.322. The van der Waals surface area contributed by atoms with E-state index in [0.717, 1.165) is 0 Å². The van der Waals surface area contributed by atoms with Crippen LogP contribution in [0.25, 0.3) is 0 Å². The fourth-order valence-corrected chi connectivity index (χ4v) is 5.72. The zero-order valence-electron chi connectivity index (χ0n) is 8.75. The summed E-state index contributed by atoms with van der Waals surface area (Å²) in [5.41, 5.74) is 0. The minimum atomic E-state index is -3.15. The van der Waals surface area contributed by atoms with Crippen LogP contribution in [0.3, 0.4) is 0 Å². The standard InChI is InChI=1S/C8H8GeN4O4/c14-5-10-1-9(2-11-6-15,3-12-7-16)4-13-8-17/h1-4H2. The summed E-state index contributed by atoms with van der Waals surface area (Å²) in [5.74, 6) is 0. The van der Waals surface area contributed by atoms with Gasteiger partial charge in [0, 0.05) is 0 Å². The molecule has 0 radical (unpaired) electrons. The molecule has 8 nitrogen and oxygen atoms in total. The Hall–Kier alpha value is -1.94. The van der Waals surface area contributed by atoms with Crippen LogP contribution in [0, 0.1) is 0 Å². The first-order valence-electron chi connectivity index (χ1n) is 4.39. The number of carbonyl (C=O) groups excluding carboxylic acids is 4. The maximum absolute atomic E-state index is 10.1. The summed E-state index contributed by atoms with van der Waals surface area (Å²) in [7, 11) is 0. The van der Waals surface area contributed by atoms with Gasteiger partial charge in [-0.3, -0.25) is 0 Å². The molecule has 0 unspecified atom stereocenters. The summed E-state index contributed by atoms with van der Waals surface area (Å²) in [5, 5.41) is 0.242. The van der Waals surface area contributed by atoms with E-state index < -0.39 is 13.3 Å². The number of hydrogen-bond donors (Lipinski definition) is 0. The van der Waals surface area contributed by atoms with Crippen LogP contribution < -0.4 is 0 Å². The molecule has 9 heteroatoms. The van der Waals surface area contributed by atoms with Gasteiger partial charge in [0.25, 0.3) is 0 Å². The second-order valence-corrected chi connectivity index (χ2v) is 12.1. The van der Waals surface area contributed by atoms with Gasteiger partial charge in [0.2, 0.25) is 0 Å². The first-order valence-corrected chi connectivity index (χ1v) is 10.3. The van der Waals surface area contributed by atoms with E-state index in [2.05, 4.69) is 20.0 Å². The number of isocyanates is 4. The van der Waals surface area contributed by atoms with E-state index in [-0.39, 0.29) is 21.5 Å². The Morgan fingerprint density at radius 2 is 0.824 bits per heavy atom. The van der Waals surface area contributed by atoms with E-state index in [0.29, 0.717) is 0 Å². The van der Waals surface area contributed by atoms with Crippen molar-refractivity contribution in [2.75, 3.05) is 21.5 Å². The van der Waals surface area contributed by atoms with Crippen LogP contribution in [0.5, 0.6) is 0 Å². The summed E-state index contributed by atoms with van der Waals surface area (Å²) >= 11 is -3.15. The summed E-state index contributed by atoms with van der Waals surface area (Å²) in [4.78, 5) is 54.0. The van der Waals surface area contributed by atoms with Crippen LogP contribution >= 0.6 is 0 Å². The average molecular weight is 297 g/mol. The van der Waals surface area contributed by atoms with Crippen LogP contribution in [0.2, 0.25) is 0 Å². The van der Waals surface area contributed by atoms with Gasteiger partial charge >= 0.3 is 98.2 Å². The second kappa shape index (κ2) is 9.30. The van der Waals surface area contributed by atoms with Gasteiger partial charge in [0.05, 0.1) is 0 Å². The first-order chi connectivity index (χ1) is 8.24. The molecule has 0 heterocycles. The molecule has 0 aromatic rings. The Balaban J connectivity index is 5.12. The van der Waals surface area contributed by atoms with Gasteiger partial charge in [-0.05, 0) is 0 Å². The van der Waals surface area contributed by atoms with Crippen molar-refractivity contribution in [2.24, 2.45) is 20.0 Å². The summed E-state index contributed by atoms with van der Waals surface area (Å²) in [6.07, 6.45) is 5.41. The van der Waals surface area contributed by atoms with Crippen LogP contribution in [0.4, 0.5) is 0 Å². The molecule has 0 amide bonds. The molecule has 0 aliphatic carbocycles. The minimum absolute atomic E-state index is 0.0606. The number of rotatable bonds is 8. The molecule has 0 bridgehead atoms. The topological polar surface area (TPSA) is 118 Å². The Morgan fingerprint density at radius 1 is 0.588 bits per heavy atom. The molecule has 0 aromatic carbocycles. The molecule has 0 saturated carbocycles. The molecular weight excluding hydrogens is 289 g/mol. The Morgan fingerprint density at radius 3 is 1.00 bits per heavy atom. The molecule has 0 spiro atoms. The molecular formula is C8H8GeN4O4. The Kier molecular flexibility index (Phi) is 8.24. The zero-order chi connectivity index (χ0) is 13.0. The molecule has 0 aliphatic heterocycles. The third kappa shape index (κ3) is 6.27. The van der Waals surface area contributed by atoms with Crippen molar-refractivity contribution in [3.63, 3.8) is 0 Å². The zero-order valence-corrected chi connectivity index (χ0v) is 10.8. The predicted octanol–water partition coefficient (Wildman–Crippen LogP) is -1.06. The van der Waals surface area contributed by atoms with Crippen LogP contribution in [0.15, 0.2) is 20.0 Å². The number of hydrogen-bond acceptors (Lipinski definition) is 8. The Labute approximate surface area is 98.6 Å². The SMILES string of the molecule is O=C=N[CH2][Ge]([CH2]N=C=O)([CH2]N=C=O)[CH2]N=C=O. The van der Waals surface area contributed by atoms with Crippen molar-refractivity contribution in [3.8, 4) is 0 Å². The van der Waals surface area contributed by atoms with Crippen LogP contribution in [-0.2, 0) is 19.2 Å². The molecule has 0 N–H and O–H groups in total. The molecule has 0 fully saturated rings. The fraction of sp³-hybridized carbons (Fsp3) is 0.500. The van der Waals surface area contributed by atoms with Gasteiger partial charge in [-0.25, -0.2) is 0 Å². The van der Waals surface area contributed by atoms with E-state index in [4.69, 9.17) is 0 Å². The summed E-state index contributed by atoms with van der Waals surface area (Å²) < 4.78 is 0. The van der Waals surface area contributed by atoms with Gasteiger partial charge in [0.1, 0.15) is 0 Å². The molecule has 0 atom stereocenters. The second-order valence-electron chi connectivity index (χ2n) is 3.13. The van der Waals surface area contributed by atoms with Crippen LogP contribution in [-0.4, -0.2) is 59.1 Å². The van der Waals surface area contributed by atoms with Gasteiger partial charge in [-0.15, -0.1) is 0 Å². The van der Waals surface area contributed by atoms with E-state index >= 15 is 0 Å². The van der Waals surface area contributed by atoms with Crippen molar-refractivity contribution in [2.45, 2.75) is 0 Å². The van der Waals surface area contributed by atoms with Crippen molar-refractivity contribution in [1.82, 2.24) is 0 Å². The monoisotopic (exact) mass is 298 g/mol. The average Bonchev–Trinajstić information content (AvgIpc) is 2.37. The van der Waals surface area contributed by atoms with Gasteiger partial charge in [-0.2, -0.15) is 0 Å². The fourth-order valence-electron chi connectivity index (χ4n) is 1.10. The molecule has 0 aliphatic rings. The molecule has 0 rings (SSSR count). The van der Waals surface area contributed by atoms with Gasteiger partial charge in [-0.1, -0.05) is 0 Å². The van der Waals surface area contributed by atoms with Crippen molar-refractivity contribution >= 4 is 37.6 Å². The first kappa shape index (κ1) is 15.1. The number of nitrogens with zero attached hydrogens (tertiary/aromatic N) is 4. The molecule has 17 heavy (non-hydrogen) atoms. The van der Waals surface area contributed by atoms with Crippen LogP contribution in [0.1, 0.15) is 0 Å². The maximum atomic E-state index is 10.1. The van der Waals surface area contributed by atoms with E-state index in [1.165, 1.54) is 24.3 Å². The van der Waals surface area contributed by atoms with E-state index in [1.54, 1.807) is 0 Å². The summed E-state index contributed by atoms with van der Waals surface area (Å²) in [6, 6.07) is 0. The molecule has 88 valence electrons.